The number of phenols is 1. The van der Waals surface area contributed by atoms with Crippen molar-refractivity contribution in [2.24, 2.45) is 0 Å². The Labute approximate surface area is 202 Å². The molecule has 0 bridgehead atoms. The fourth-order valence-corrected chi connectivity index (χ4v) is 4.88. The number of likely N-dealkylation sites (tertiary alicyclic amines) is 1. The Hall–Kier alpha value is -2.90. The fourth-order valence-electron chi connectivity index (χ4n) is 4.53. The van der Waals surface area contributed by atoms with Crippen molar-refractivity contribution >= 4 is 27.4 Å². The minimum atomic E-state index is 0.222. The molecule has 0 saturated carbocycles. The Kier molecular flexibility index (Phi) is 6.60. The van der Waals surface area contributed by atoms with E-state index < -0.39 is 0 Å². The second-order valence-electron chi connectivity index (χ2n) is 8.62. The van der Waals surface area contributed by atoms with E-state index in [9.17, 15) is 5.11 Å². The third kappa shape index (κ3) is 5.04. The van der Waals surface area contributed by atoms with Gasteiger partial charge in [-0.3, -0.25) is 0 Å². The number of para-hydroxylation sites is 1. The number of anilines is 1. The van der Waals surface area contributed by atoms with Gasteiger partial charge in [0.2, 0.25) is 0 Å². The van der Waals surface area contributed by atoms with Gasteiger partial charge in [0.15, 0.2) is 5.65 Å². The Bertz CT molecular complexity index is 1220. The Morgan fingerprint density at radius 1 is 1.03 bits per heavy atom. The molecule has 0 spiro atoms. The maximum atomic E-state index is 10.3. The molecule has 5 rings (SSSR count). The number of aryl methyl sites for hydroxylation is 1. The molecule has 170 valence electrons. The molecule has 1 saturated heterocycles. The lowest BCUT2D eigenvalue weighted by molar-refractivity contribution is 0.216. The number of aromatic nitrogens is 3. The zero-order chi connectivity index (χ0) is 22.6. The summed E-state index contributed by atoms with van der Waals surface area (Å²) in [4.78, 5) is 7.31. The number of nitrogens with zero attached hydrogens (tertiary/aromatic N) is 4. The molecule has 2 N–H and O–H groups in total. The van der Waals surface area contributed by atoms with Crippen LogP contribution >= 0.6 is 15.9 Å². The summed E-state index contributed by atoms with van der Waals surface area (Å²) in [5.74, 6) is 1.12. The summed E-state index contributed by atoms with van der Waals surface area (Å²) in [6.45, 7) is 3.33. The van der Waals surface area contributed by atoms with Crippen LogP contribution < -0.4 is 5.32 Å². The standard InChI is InChI=1S/C26H28BrN5O/c27-22-18-28-32-25(17-23(30-26(22)32)21-10-4-5-11-24(21)33)29-20-12-15-31(16-13-20)14-6-9-19-7-2-1-3-8-19/h1-5,7-8,10-11,17-18,20,29,33H,6,9,12-16H2. The van der Waals surface area contributed by atoms with Gasteiger partial charge in [0, 0.05) is 30.8 Å². The van der Waals surface area contributed by atoms with Gasteiger partial charge >= 0.3 is 0 Å². The van der Waals surface area contributed by atoms with Crippen molar-refractivity contribution in [3.8, 4) is 17.0 Å². The molecule has 1 aliphatic rings. The van der Waals surface area contributed by atoms with Crippen LogP contribution in [0, 0.1) is 0 Å². The highest BCUT2D eigenvalue weighted by Gasteiger charge is 2.21. The van der Waals surface area contributed by atoms with Gasteiger partial charge in [0.25, 0.3) is 0 Å². The maximum Gasteiger partial charge on any atom is 0.172 e. The summed E-state index contributed by atoms with van der Waals surface area (Å²) < 4.78 is 2.66. The molecule has 33 heavy (non-hydrogen) atoms. The van der Waals surface area contributed by atoms with Crippen molar-refractivity contribution in [2.45, 2.75) is 31.7 Å². The predicted molar refractivity (Wildman–Crippen MR) is 136 cm³/mol. The molecule has 6 nitrogen and oxygen atoms in total. The first kappa shape index (κ1) is 21.9. The summed E-state index contributed by atoms with van der Waals surface area (Å²) in [5.41, 5.74) is 3.59. The number of phenolic OH excluding ortho intramolecular Hbond substituents is 1. The molecule has 7 heteroatoms. The lowest BCUT2D eigenvalue weighted by atomic mass is 10.0. The van der Waals surface area contributed by atoms with Gasteiger partial charge in [-0.25, -0.2) is 4.98 Å². The van der Waals surface area contributed by atoms with Gasteiger partial charge in [-0.2, -0.15) is 9.61 Å². The number of piperidine rings is 1. The second-order valence-corrected chi connectivity index (χ2v) is 9.48. The first-order valence-electron chi connectivity index (χ1n) is 11.5. The molecule has 4 aromatic rings. The van der Waals surface area contributed by atoms with Crippen LogP contribution in [0.1, 0.15) is 24.8 Å². The zero-order valence-electron chi connectivity index (χ0n) is 18.5. The summed E-state index contributed by atoms with van der Waals surface area (Å²) in [6, 6.07) is 20.4. The molecule has 2 aromatic carbocycles. The highest BCUT2D eigenvalue weighted by Crippen LogP contribution is 2.31. The minimum Gasteiger partial charge on any atom is -0.507 e. The first-order valence-corrected chi connectivity index (χ1v) is 12.3. The van der Waals surface area contributed by atoms with Gasteiger partial charge in [-0.05, 0) is 65.9 Å². The second kappa shape index (κ2) is 9.93. The predicted octanol–water partition coefficient (Wildman–Crippen LogP) is 5.37. The molecule has 0 unspecified atom stereocenters. The van der Waals surface area contributed by atoms with Gasteiger partial charge in [-0.15, -0.1) is 0 Å². The Morgan fingerprint density at radius 2 is 1.79 bits per heavy atom. The number of fused-ring (bicyclic) bond motifs is 1. The number of aromatic hydroxyl groups is 1. The largest absolute Gasteiger partial charge is 0.507 e. The normalized spacial score (nSPS) is 15.2. The van der Waals surface area contributed by atoms with Crippen molar-refractivity contribution in [3.05, 3.63) is 76.9 Å². The summed E-state index contributed by atoms with van der Waals surface area (Å²) in [6.07, 6.45) is 6.26. The lowest BCUT2D eigenvalue weighted by Gasteiger charge is -2.33. The highest BCUT2D eigenvalue weighted by atomic mass is 79.9. The van der Waals surface area contributed by atoms with Crippen molar-refractivity contribution in [1.82, 2.24) is 19.5 Å². The lowest BCUT2D eigenvalue weighted by Crippen LogP contribution is -2.39. The Morgan fingerprint density at radius 3 is 2.58 bits per heavy atom. The van der Waals surface area contributed by atoms with E-state index in [1.165, 1.54) is 12.0 Å². The van der Waals surface area contributed by atoms with E-state index in [-0.39, 0.29) is 5.75 Å². The number of halogens is 1. The number of rotatable bonds is 7. The quantitative estimate of drug-likeness (QED) is 0.353. The van der Waals surface area contributed by atoms with Crippen molar-refractivity contribution in [1.29, 1.82) is 0 Å². The van der Waals surface area contributed by atoms with E-state index in [0.29, 0.717) is 11.6 Å². The monoisotopic (exact) mass is 505 g/mol. The van der Waals surface area contributed by atoms with Gasteiger partial charge in [0.05, 0.1) is 16.4 Å². The third-order valence-electron chi connectivity index (χ3n) is 6.33. The number of hydrogen-bond acceptors (Lipinski definition) is 5. The van der Waals surface area contributed by atoms with E-state index in [1.807, 2.05) is 28.8 Å². The van der Waals surface area contributed by atoms with Crippen LogP contribution in [-0.2, 0) is 6.42 Å². The third-order valence-corrected chi connectivity index (χ3v) is 6.89. The fraction of sp³-hybridized carbons (Fsp3) is 0.308. The summed E-state index contributed by atoms with van der Waals surface area (Å²) >= 11 is 3.56. The van der Waals surface area contributed by atoms with Gasteiger partial charge in [0.1, 0.15) is 11.6 Å². The Balaban J connectivity index is 1.25. The number of hydrogen-bond donors (Lipinski definition) is 2. The SMILES string of the molecule is Oc1ccccc1-c1cc(NC2CCN(CCCc3ccccc3)CC2)n2ncc(Br)c2n1. The maximum absolute atomic E-state index is 10.3. The minimum absolute atomic E-state index is 0.222. The average Bonchev–Trinajstić information content (AvgIpc) is 3.22. The zero-order valence-corrected chi connectivity index (χ0v) is 20.1. The molecule has 1 fully saturated rings. The van der Waals surface area contributed by atoms with Crippen molar-refractivity contribution in [3.63, 3.8) is 0 Å². The molecule has 0 aliphatic carbocycles. The molecule has 1 aliphatic heterocycles. The van der Waals surface area contributed by atoms with Crippen LogP contribution in [0.5, 0.6) is 5.75 Å². The van der Waals surface area contributed by atoms with Crippen LogP contribution in [0.15, 0.2) is 71.3 Å². The van der Waals surface area contributed by atoms with E-state index in [0.717, 1.165) is 60.5 Å². The molecular weight excluding hydrogens is 478 g/mol. The van der Waals surface area contributed by atoms with Crippen molar-refractivity contribution < 1.29 is 5.11 Å². The first-order chi connectivity index (χ1) is 16.2. The van der Waals surface area contributed by atoms with Crippen LogP contribution in [0.2, 0.25) is 0 Å². The molecule has 0 radical (unpaired) electrons. The van der Waals surface area contributed by atoms with Crippen LogP contribution in [0.25, 0.3) is 16.9 Å². The summed E-state index contributed by atoms with van der Waals surface area (Å²) in [7, 11) is 0. The van der Waals surface area contributed by atoms with E-state index in [4.69, 9.17) is 4.98 Å². The topological polar surface area (TPSA) is 65.7 Å². The molecule has 0 amide bonds. The molecular formula is C26H28BrN5O. The summed E-state index contributed by atoms with van der Waals surface area (Å²) in [5, 5.41) is 18.5. The molecule has 2 aromatic heterocycles. The van der Waals surface area contributed by atoms with E-state index in [1.54, 1.807) is 12.3 Å². The van der Waals surface area contributed by atoms with E-state index in [2.05, 4.69) is 61.6 Å². The van der Waals surface area contributed by atoms with Crippen LogP contribution in [-0.4, -0.2) is 50.3 Å². The van der Waals surface area contributed by atoms with Crippen molar-refractivity contribution in [2.75, 3.05) is 25.0 Å². The number of benzene rings is 2. The highest BCUT2D eigenvalue weighted by molar-refractivity contribution is 9.10. The molecule has 3 heterocycles. The van der Waals surface area contributed by atoms with Gasteiger partial charge in [-0.1, -0.05) is 42.5 Å². The van der Waals surface area contributed by atoms with Gasteiger partial charge < -0.3 is 15.3 Å². The van der Waals surface area contributed by atoms with Crippen LogP contribution in [0.4, 0.5) is 5.82 Å². The van der Waals surface area contributed by atoms with Crippen LogP contribution in [0.3, 0.4) is 0 Å². The number of nitrogens with one attached hydrogen (secondary N) is 1. The molecule has 0 atom stereocenters. The smallest absolute Gasteiger partial charge is 0.172 e. The average molecular weight is 506 g/mol. The van der Waals surface area contributed by atoms with E-state index >= 15 is 0 Å².